The summed E-state index contributed by atoms with van der Waals surface area (Å²) >= 11 is 0. The van der Waals surface area contributed by atoms with Gasteiger partial charge in [0.1, 0.15) is 17.5 Å². The molecule has 4 rings (SSSR count). The fraction of sp³-hybridized carbons (Fsp3) is 0.417. The minimum absolute atomic E-state index is 0.0346. The van der Waals surface area contributed by atoms with Crippen LogP contribution in [0.15, 0.2) is 36.4 Å². The summed E-state index contributed by atoms with van der Waals surface area (Å²) in [7, 11) is 2.06. The van der Waals surface area contributed by atoms with Crippen molar-refractivity contribution in [1.29, 1.82) is 5.26 Å². The maximum atomic E-state index is 10.5. The molecule has 0 spiro atoms. The number of rotatable bonds is 3. The lowest BCUT2D eigenvalue weighted by Crippen LogP contribution is -2.62. The number of pyridine rings is 1. The van der Waals surface area contributed by atoms with Gasteiger partial charge in [0, 0.05) is 29.6 Å². The van der Waals surface area contributed by atoms with Crippen LogP contribution in [0.2, 0.25) is 0 Å². The summed E-state index contributed by atoms with van der Waals surface area (Å²) in [4.78, 5) is 6.58. The van der Waals surface area contributed by atoms with Crippen molar-refractivity contribution in [3.05, 3.63) is 42.1 Å². The fourth-order valence-corrected chi connectivity index (χ4v) is 4.87. The highest BCUT2D eigenvalue weighted by atomic mass is 16.3. The van der Waals surface area contributed by atoms with E-state index in [1.165, 1.54) is 0 Å². The summed E-state index contributed by atoms with van der Waals surface area (Å²) < 4.78 is 0. The molecule has 0 atom stereocenters. The minimum Gasteiger partial charge on any atom is -0.507 e. The first kappa shape index (κ1) is 21.0. The zero-order valence-corrected chi connectivity index (χ0v) is 18.6. The quantitative estimate of drug-likeness (QED) is 0.665. The lowest BCUT2D eigenvalue weighted by Gasteiger charge is -2.49. The average Bonchev–Trinajstić information content (AvgIpc) is 2.70. The van der Waals surface area contributed by atoms with Crippen LogP contribution < -0.4 is 10.2 Å². The van der Waals surface area contributed by atoms with Crippen molar-refractivity contribution in [2.24, 2.45) is 0 Å². The van der Waals surface area contributed by atoms with Gasteiger partial charge in [0.25, 0.3) is 0 Å². The SMILES string of the molecule is CN(c1ccc(-c2c(O)ccc3ccc(C#N)nc23)nn1)C1CC(C)(C)NC(C)(C)C1. The molecular formula is C24H28N6O. The van der Waals surface area contributed by atoms with E-state index in [0.29, 0.717) is 28.5 Å². The topological polar surface area (TPSA) is 98.0 Å². The molecule has 7 nitrogen and oxygen atoms in total. The zero-order valence-electron chi connectivity index (χ0n) is 18.6. The van der Waals surface area contributed by atoms with Crippen molar-refractivity contribution in [1.82, 2.24) is 20.5 Å². The van der Waals surface area contributed by atoms with E-state index in [-0.39, 0.29) is 16.8 Å². The summed E-state index contributed by atoms with van der Waals surface area (Å²) in [6, 6.07) is 13.0. The number of nitriles is 1. The van der Waals surface area contributed by atoms with Crippen molar-refractivity contribution in [3.8, 4) is 23.1 Å². The van der Waals surface area contributed by atoms with Crippen LogP contribution in [0, 0.1) is 11.3 Å². The van der Waals surface area contributed by atoms with Crippen LogP contribution in [-0.4, -0.2) is 44.5 Å². The van der Waals surface area contributed by atoms with E-state index in [4.69, 9.17) is 0 Å². The average molecular weight is 417 g/mol. The number of anilines is 1. The number of piperidine rings is 1. The Morgan fingerprint density at radius 1 is 1.03 bits per heavy atom. The predicted octanol–water partition coefficient (Wildman–Crippen LogP) is 4.01. The number of benzene rings is 1. The number of phenols is 1. The van der Waals surface area contributed by atoms with E-state index in [0.717, 1.165) is 24.0 Å². The zero-order chi connectivity index (χ0) is 22.4. The van der Waals surface area contributed by atoms with Gasteiger partial charge >= 0.3 is 0 Å². The molecule has 0 bridgehead atoms. The third-order valence-electron chi connectivity index (χ3n) is 5.94. The van der Waals surface area contributed by atoms with Gasteiger partial charge in [-0.3, -0.25) is 0 Å². The Labute approximate surface area is 182 Å². The summed E-state index contributed by atoms with van der Waals surface area (Å²) in [5.41, 5.74) is 1.91. The first-order chi connectivity index (χ1) is 14.6. The highest BCUT2D eigenvalue weighted by Crippen LogP contribution is 2.36. The Hall–Kier alpha value is -3.24. The minimum atomic E-state index is 0.0346. The van der Waals surface area contributed by atoms with E-state index in [1.807, 2.05) is 18.2 Å². The molecule has 2 N–H and O–H groups in total. The van der Waals surface area contributed by atoms with Gasteiger partial charge < -0.3 is 15.3 Å². The lowest BCUT2D eigenvalue weighted by atomic mass is 9.79. The van der Waals surface area contributed by atoms with Crippen molar-refractivity contribution < 1.29 is 5.11 Å². The Balaban J connectivity index is 1.68. The third kappa shape index (κ3) is 4.17. The molecule has 31 heavy (non-hydrogen) atoms. The molecule has 1 aliphatic heterocycles. The van der Waals surface area contributed by atoms with Crippen LogP contribution >= 0.6 is 0 Å². The van der Waals surface area contributed by atoms with Crippen LogP contribution in [0.25, 0.3) is 22.2 Å². The molecule has 2 aromatic heterocycles. The molecule has 160 valence electrons. The normalized spacial score (nSPS) is 17.9. The first-order valence-electron chi connectivity index (χ1n) is 10.5. The van der Waals surface area contributed by atoms with Crippen molar-refractivity contribution >= 4 is 16.7 Å². The molecule has 3 aromatic rings. The van der Waals surface area contributed by atoms with Crippen molar-refractivity contribution in [2.45, 2.75) is 57.7 Å². The van der Waals surface area contributed by atoms with Crippen LogP contribution in [0.4, 0.5) is 5.82 Å². The number of aromatic hydroxyl groups is 1. The Kier molecular flexibility index (Phi) is 5.06. The lowest BCUT2D eigenvalue weighted by molar-refractivity contribution is 0.160. The number of fused-ring (bicyclic) bond motifs is 1. The second kappa shape index (κ2) is 7.47. The van der Waals surface area contributed by atoms with E-state index >= 15 is 0 Å². The third-order valence-corrected chi connectivity index (χ3v) is 5.94. The van der Waals surface area contributed by atoms with E-state index < -0.39 is 0 Å². The molecule has 1 saturated heterocycles. The summed E-state index contributed by atoms with van der Waals surface area (Å²) in [5.74, 6) is 0.847. The van der Waals surface area contributed by atoms with E-state index in [1.54, 1.807) is 18.2 Å². The molecule has 3 heterocycles. The molecule has 0 radical (unpaired) electrons. The summed E-state index contributed by atoms with van der Waals surface area (Å²) in [6.07, 6.45) is 2.00. The highest BCUT2D eigenvalue weighted by Gasteiger charge is 2.39. The number of phenolic OH excluding ortho intramolecular Hbond substituents is 1. The van der Waals surface area contributed by atoms with Gasteiger partial charge in [-0.05, 0) is 76.9 Å². The number of hydrogen-bond acceptors (Lipinski definition) is 7. The van der Waals surface area contributed by atoms with Gasteiger partial charge in [-0.2, -0.15) is 5.26 Å². The standard InChI is InChI=1S/C24H28N6O/c1-23(2)12-17(13-24(3,4)29-23)30(5)20-11-9-18(27-28-20)21-19(31)10-7-15-6-8-16(14-25)26-22(15)21/h6-11,17,29,31H,12-13H2,1-5H3. The van der Waals surface area contributed by atoms with Crippen molar-refractivity contribution in [3.63, 3.8) is 0 Å². The Bertz CT molecular complexity index is 1150. The molecular weight excluding hydrogens is 388 g/mol. The fourth-order valence-electron chi connectivity index (χ4n) is 4.87. The second-order valence-electron chi connectivity index (χ2n) is 9.68. The van der Waals surface area contributed by atoms with Crippen LogP contribution in [0.1, 0.15) is 46.2 Å². The summed E-state index contributed by atoms with van der Waals surface area (Å²) in [5, 5.41) is 33.1. The van der Waals surface area contributed by atoms with Crippen LogP contribution in [0.3, 0.4) is 0 Å². The first-order valence-corrected chi connectivity index (χ1v) is 10.5. The molecule has 1 fully saturated rings. The van der Waals surface area contributed by atoms with Gasteiger partial charge in [0.2, 0.25) is 0 Å². The van der Waals surface area contributed by atoms with Crippen molar-refractivity contribution in [2.75, 3.05) is 11.9 Å². The molecule has 1 aromatic carbocycles. The molecule has 0 amide bonds. The maximum absolute atomic E-state index is 10.5. The van der Waals surface area contributed by atoms with Crippen LogP contribution in [0.5, 0.6) is 5.75 Å². The summed E-state index contributed by atoms with van der Waals surface area (Å²) in [6.45, 7) is 8.93. The smallest absolute Gasteiger partial charge is 0.151 e. The van der Waals surface area contributed by atoms with Gasteiger partial charge in [0.15, 0.2) is 5.82 Å². The molecule has 1 aliphatic rings. The van der Waals surface area contributed by atoms with Crippen LogP contribution in [-0.2, 0) is 0 Å². The number of aromatic nitrogens is 3. The van der Waals surface area contributed by atoms with Gasteiger partial charge in [0.05, 0.1) is 16.8 Å². The van der Waals surface area contributed by atoms with E-state index in [9.17, 15) is 10.4 Å². The molecule has 0 unspecified atom stereocenters. The number of hydrogen-bond donors (Lipinski definition) is 2. The predicted molar refractivity (Wildman–Crippen MR) is 122 cm³/mol. The number of nitrogens with zero attached hydrogens (tertiary/aromatic N) is 5. The molecule has 0 saturated carbocycles. The largest absolute Gasteiger partial charge is 0.507 e. The number of nitrogens with one attached hydrogen (secondary N) is 1. The Morgan fingerprint density at radius 3 is 2.32 bits per heavy atom. The maximum Gasteiger partial charge on any atom is 0.151 e. The molecule has 7 heteroatoms. The van der Waals surface area contributed by atoms with Gasteiger partial charge in [-0.1, -0.05) is 0 Å². The van der Waals surface area contributed by atoms with Gasteiger partial charge in [-0.25, -0.2) is 4.98 Å². The van der Waals surface area contributed by atoms with E-state index in [2.05, 4.69) is 66.2 Å². The highest BCUT2D eigenvalue weighted by molar-refractivity contribution is 5.96. The second-order valence-corrected chi connectivity index (χ2v) is 9.68. The Morgan fingerprint density at radius 2 is 1.71 bits per heavy atom. The molecule has 0 aliphatic carbocycles. The van der Waals surface area contributed by atoms with Gasteiger partial charge in [-0.15, -0.1) is 10.2 Å². The monoisotopic (exact) mass is 416 g/mol.